The Bertz CT molecular complexity index is 1730. The van der Waals surface area contributed by atoms with Crippen LogP contribution in [0.1, 0.15) is 28.7 Å². The van der Waals surface area contributed by atoms with E-state index in [0.29, 0.717) is 29.7 Å². The van der Waals surface area contributed by atoms with E-state index in [9.17, 15) is 32.7 Å². The van der Waals surface area contributed by atoms with Gasteiger partial charge in [0.05, 0.1) is 29.9 Å². The number of amides is 2. The van der Waals surface area contributed by atoms with Gasteiger partial charge in [0, 0.05) is 32.7 Å². The van der Waals surface area contributed by atoms with Crippen LogP contribution in [0.2, 0.25) is 0 Å². The second-order valence-electron chi connectivity index (χ2n) is 11.7. The number of hydrogen-bond donors (Lipinski definition) is 2. The number of benzene rings is 3. The molecule has 1 heterocycles. The molecule has 0 atom stereocenters. The number of halogens is 3. The lowest BCUT2D eigenvalue weighted by Crippen LogP contribution is -2.44. The van der Waals surface area contributed by atoms with Crippen LogP contribution in [-0.2, 0) is 39.9 Å². The number of phenolic OH excluding ortho intramolecular Hbond substituents is 1. The molecule has 0 spiro atoms. The molecule has 0 fully saturated rings. The molecule has 0 radical (unpaired) electrons. The van der Waals surface area contributed by atoms with Crippen molar-refractivity contribution in [3.63, 3.8) is 0 Å². The van der Waals surface area contributed by atoms with Crippen LogP contribution in [0.4, 0.5) is 18.0 Å². The zero-order valence-corrected chi connectivity index (χ0v) is 28.3. The molecule has 0 aliphatic carbocycles. The van der Waals surface area contributed by atoms with Gasteiger partial charge in [-0.3, -0.25) is 9.59 Å². The van der Waals surface area contributed by atoms with Gasteiger partial charge in [-0.05, 0) is 55.8 Å². The van der Waals surface area contributed by atoms with Crippen molar-refractivity contribution in [1.29, 1.82) is 0 Å². The molecular formula is C35H41F3N4O6S. The van der Waals surface area contributed by atoms with Gasteiger partial charge in [0.2, 0.25) is 5.91 Å². The predicted octanol–water partition coefficient (Wildman–Crippen LogP) is 5.53. The SMILES string of the molecule is CN(C)CCN(CCN(CCc1ccc(O)c2[nH]c(=O)sc12)C(=O)OCc1ccccc1)C(=O)CCOCCc1ccccc1C(F)(F)F. The summed E-state index contributed by atoms with van der Waals surface area (Å²) in [6.07, 6.45) is -4.59. The highest BCUT2D eigenvalue weighted by Gasteiger charge is 2.32. The van der Waals surface area contributed by atoms with Gasteiger partial charge in [-0.2, -0.15) is 13.2 Å². The van der Waals surface area contributed by atoms with E-state index in [1.54, 1.807) is 17.0 Å². The molecule has 0 unspecified atom stereocenters. The molecule has 0 saturated carbocycles. The topological polar surface area (TPSA) is 115 Å². The molecule has 49 heavy (non-hydrogen) atoms. The first-order chi connectivity index (χ1) is 23.4. The van der Waals surface area contributed by atoms with Crippen LogP contribution in [0, 0.1) is 0 Å². The van der Waals surface area contributed by atoms with E-state index in [-0.39, 0.29) is 74.4 Å². The minimum absolute atomic E-state index is 0.0185. The molecule has 4 rings (SSSR count). The molecule has 2 amide bonds. The highest BCUT2D eigenvalue weighted by atomic mass is 32.1. The molecule has 0 aliphatic rings. The Morgan fingerprint density at radius 3 is 2.27 bits per heavy atom. The van der Waals surface area contributed by atoms with Crippen molar-refractivity contribution in [3.05, 3.63) is 98.7 Å². The minimum atomic E-state index is -4.46. The average molecular weight is 703 g/mol. The minimum Gasteiger partial charge on any atom is -0.506 e. The lowest BCUT2D eigenvalue weighted by molar-refractivity contribution is -0.138. The Hall–Kier alpha value is -4.40. The molecular weight excluding hydrogens is 661 g/mol. The fourth-order valence-corrected chi connectivity index (χ4v) is 6.07. The van der Waals surface area contributed by atoms with Crippen molar-refractivity contribution in [3.8, 4) is 5.75 Å². The summed E-state index contributed by atoms with van der Waals surface area (Å²) >= 11 is 0.978. The summed E-state index contributed by atoms with van der Waals surface area (Å²) < 4.78 is 51.7. The number of likely N-dealkylation sites (N-methyl/N-ethyl adjacent to an activating group) is 1. The summed E-state index contributed by atoms with van der Waals surface area (Å²) in [5, 5.41) is 10.2. The van der Waals surface area contributed by atoms with Crippen molar-refractivity contribution < 1.29 is 37.3 Å². The number of thiazole rings is 1. The van der Waals surface area contributed by atoms with Crippen molar-refractivity contribution >= 4 is 33.6 Å². The molecule has 2 N–H and O–H groups in total. The lowest BCUT2D eigenvalue weighted by atomic mass is 10.0. The van der Waals surface area contributed by atoms with Gasteiger partial charge in [0.15, 0.2) is 0 Å². The molecule has 0 aliphatic heterocycles. The number of aromatic hydroxyl groups is 1. The maximum Gasteiger partial charge on any atom is 0.416 e. The van der Waals surface area contributed by atoms with Crippen LogP contribution >= 0.6 is 11.3 Å². The number of hydrogen-bond acceptors (Lipinski definition) is 8. The Morgan fingerprint density at radius 2 is 1.53 bits per heavy atom. The third-order valence-electron chi connectivity index (χ3n) is 7.86. The summed E-state index contributed by atoms with van der Waals surface area (Å²) in [5.74, 6) is -0.256. The van der Waals surface area contributed by atoms with E-state index < -0.39 is 17.8 Å². The first-order valence-corrected chi connectivity index (χ1v) is 16.7. The number of fused-ring (bicyclic) bond motifs is 1. The van der Waals surface area contributed by atoms with Gasteiger partial charge in [-0.1, -0.05) is 65.9 Å². The Balaban J connectivity index is 1.39. The van der Waals surface area contributed by atoms with Crippen molar-refractivity contribution in [2.24, 2.45) is 0 Å². The smallest absolute Gasteiger partial charge is 0.416 e. The van der Waals surface area contributed by atoms with Gasteiger partial charge >= 0.3 is 17.1 Å². The van der Waals surface area contributed by atoms with Crippen LogP contribution in [0.15, 0.2) is 71.5 Å². The van der Waals surface area contributed by atoms with Gasteiger partial charge in [0.25, 0.3) is 0 Å². The molecule has 10 nitrogen and oxygen atoms in total. The van der Waals surface area contributed by atoms with Crippen LogP contribution in [0.25, 0.3) is 10.2 Å². The van der Waals surface area contributed by atoms with Gasteiger partial charge < -0.3 is 34.3 Å². The van der Waals surface area contributed by atoms with Gasteiger partial charge in [0.1, 0.15) is 17.9 Å². The first kappa shape index (κ1) is 37.4. The standard InChI is InChI=1S/C35H41F3N4O6S/c1-40(2)18-19-41(30(44)16-23-47-22-15-26-10-6-7-11-28(26)35(36,37)38)20-21-42(34(46)48-24-25-8-4-3-5-9-25)17-14-27-12-13-29(43)31-32(27)49-33(45)39-31/h3-13,43H,14-24H2,1-2H3,(H,39,45). The van der Waals surface area contributed by atoms with E-state index in [0.717, 1.165) is 28.5 Å². The molecule has 14 heteroatoms. The number of aromatic nitrogens is 1. The monoisotopic (exact) mass is 702 g/mol. The van der Waals surface area contributed by atoms with E-state index >= 15 is 0 Å². The number of phenols is 1. The fraction of sp³-hybridized carbons (Fsp3) is 0.400. The third kappa shape index (κ3) is 11.3. The summed E-state index contributed by atoms with van der Waals surface area (Å²) in [5.41, 5.74) is 1.37. The number of carbonyl (C=O) groups is 2. The van der Waals surface area contributed by atoms with Crippen molar-refractivity contribution in [2.75, 3.05) is 60.0 Å². The quantitative estimate of drug-likeness (QED) is 0.139. The number of carbonyl (C=O) groups excluding carboxylic acids is 2. The first-order valence-electron chi connectivity index (χ1n) is 15.9. The molecule has 0 saturated heterocycles. The summed E-state index contributed by atoms with van der Waals surface area (Å²) in [4.78, 5) is 46.1. The van der Waals surface area contributed by atoms with E-state index in [1.807, 2.05) is 49.3 Å². The summed E-state index contributed by atoms with van der Waals surface area (Å²) in [6.45, 7) is 1.65. The fourth-order valence-electron chi connectivity index (χ4n) is 5.17. The normalized spacial score (nSPS) is 11.6. The number of alkyl halides is 3. The lowest BCUT2D eigenvalue weighted by Gasteiger charge is -2.29. The largest absolute Gasteiger partial charge is 0.506 e. The Morgan fingerprint density at radius 1 is 0.837 bits per heavy atom. The zero-order valence-electron chi connectivity index (χ0n) is 27.5. The number of nitrogens with zero attached hydrogens (tertiary/aromatic N) is 3. The number of aromatic amines is 1. The maximum absolute atomic E-state index is 13.4. The second-order valence-corrected chi connectivity index (χ2v) is 12.7. The molecule has 4 aromatic rings. The van der Waals surface area contributed by atoms with Crippen LogP contribution < -0.4 is 4.87 Å². The molecule has 0 bridgehead atoms. The third-order valence-corrected chi connectivity index (χ3v) is 8.82. The van der Waals surface area contributed by atoms with Crippen molar-refractivity contribution in [1.82, 2.24) is 19.7 Å². The highest BCUT2D eigenvalue weighted by molar-refractivity contribution is 7.16. The zero-order chi connectivity index (χ0) is 35.4. The summed E-state index contributed by atoms with van der Waals surface area (Å²) in [7, 11) is 3.76. The number of H-pyrrole nitrogens is 1. The van der Waals surface area contributed by atoms with Crippen molar-refractivity contribution in [2.45, 2.75) is 32.0 Å². The predicted molar refractivity (Wildman–Crippen MR) is 182 cm³/mol. The molecule has 3 aromatic carbocycles. The van der Waals surface area contributed by atoms with Gasteiger partial charge in [-0.15, -0.1) is 0 Å². The van der Waals surface area contributed by atoms with E-state index in [4.69, 9.17) is 9.47 Å². The van der Waals surface area contributed by atoms with E-state index in [1.165, 1.54) is 23.1 Å². The van der Waals surface area contributed by atoms with Crippen LogP contribution in [0.3, 0.4) is 0 Å². The average Bonchev–Trinajstić information content (AvgIpc) is 3.48. The van der Waals surface area contributed by atoms with Crippen LogP contribution in [0.5, 0.6) is 5.75 Å². The molecule has 1 aromatic heterocycles. The van der Waals surface area contributed by atoms with E-state index in [2.05, 4.69) is 4.98 Å². The Labute approximate surface area is 286 Å². The Kier molecular flexibility index (Phi) is 13.6. The highest BCUT2D eigenvalue weighted by Crippen LogP contribution is 2.32. The van der Waals surface area contributed by atoms with Crippen LogP contribution in [-0.4, -0.2) is 96.8 Å². The summed E-state index contributed by atoms with van der Waals surface area (Å²) in [6, 6.07) is 17.8. The van der Waals surface area contributed by atoms with Gasteiger partial charge in [-0.25, -0.2) is 4.79 Å². The second kappa shape index (κ2) is 17.8. The number of ether oxygens (including phenoxy) is 2. The number of rotatable bonds is 17. The molecule has 264 valence electrons. The maximum atomic E-state index is 13.4. The number of nitrogens with one attached hydrogen (secondary N) is 1.